The zero-order valence-corrected chi connectivity index (χ0v) is 15.4. The molecule has 1 heterocycles. The number of sulfonamides is 1. The van der Waals surface area contributed by atoms with Crippen LogP contribution < -0.4 is 0 Å². The molecule has 0 spiro atoms. The van der Waals surface area contributed by atoms with Crippen molar-refractivity contribution >= 4 is 31.5 Å². The molecular formula is C16H15ClFNO4S2. The molecule has 1 fully saturated rings. The van der Waals surface area contributed by atoms with Gasteiger partial charge in [-0.05, 0) is 42.0 Å². The summed E-state index contributed by atoms with van der Waals surface area (Å²) in [6.45, 7) is -0.203. The summed E-state index contributed by atoms with van der Waals surface area (Å²) in [5.41, 5.74) is 0.578. The van der Waals surface area contributed by atoms with Crippen molar-refractivity contribution in [3.63, 3.8) is 0 Å². The van der Waals surface area contributed by atoms with Gasteiger partial charge in [-0.1, -0.05) is 23.7 Å². The monoisotopic (exact) mass is 403 g/mol. The van der Waals surface area contributed by atoms with E-state index in [0.29, 0.717) is 10.6 Å². The van der Waals surface area contributed by atoms with Crippen LogP contribution in [0.3, 0.4) is 0 Å². The lowest BCUT2D eigenvalue weighted by Gasteiger charge is -2.37. The van der Waals surface area contributed by atoms with E-state index in [4.69, 9.17) is 11.6 Å². The fraction of sp³-hybridized carbons (Fsp3) is 0.250. The van der Waals surface area contributed by atoms with E-state index in [-0.39, 0.29) is 23.7 Å². The van der Waals surface area contributed by atoms with Gasteiger partial charge in [0.15, 0.2) is 9.84 Å². The van der Waals surface area contributed by atoms with Crippen molar-refractivity contribution in [2.24, 2.45) is 0 Å². The van der Waals surface area contributed by atoms with Crippen molar-refractivity contribution in [1.29, 1.82) is 0 Å². The lowest BCUT2D eigenvalue weighted by atomic mass is 10.2. The van der Waals surface area contributed by atoms with Gasteiger partial charge in [0, 0.05) is 18.1 Å². The Morgan fingerprint density at radius 3 is 2.08 bits per heavy atom. The van der Waals surface area contributed by atoms with Crippen LogP contribution in [0.15, 0.2) is 53.4 Å². The summed E-state index contributed by atoms with van der Waals surface area (Å²) in [5.74, 6) is -0.743. The molecule has 1 aliphatic heterocycles. The van der Waals surface area contributed by atoms with Crippen LogP contribution >= 0.6 is 11.6 Å². The van der Waals surface area contributed by atoms with Gasteiger partial charge in [-0.3, -0.25) is 0 Å². The Balaban J connectivity index is 1.68. The molecule has 1 aliphatic rings. The topological polar surface area (TPSA) is 71.5 Å². The fourth-order valence-electron chi connectivity index (χ4n) is 2.52. The second kappa shape index (κ2) is 6.68. The second-order valence-corrected chi connectivity index (χ2v) is 10.5. The molecule has 25 heavy (non-hydrogen) atoms. The molecule has 0 aliphatic carbocycles. The van der Waals surface area contributed by atoms with Gasteiger partial charge in [0.2, 0.25) is 10.0 Å². The largest absolute Gasteiger partial charge is 0.223 e. The van der Waals surface area contributed by atoms with Gasteiger partial charge in [0.25, 0.3) is 0 Å². The predicted molar refractivity (Wildman–Crippen MR) is 93.0 cm³/mol. The molecule has 134 valence electrons. The van der Waals surface area contributed by atoms with Crippen molar-refractivity contribution in [1.82, 2.24) is 4.31 Å². The Kier molecular flexibility index (Phi) is 4.89. The number of benzene rings is 2. The molecule has 5 nitrogen and oxygen atoms in total. The first-order valence-electron chi connectivity index (χ1n) is 7.40. The Hall–Kier alpha value is -1.48. The van der Waals surface area contributed by atoms with Gasteiger partial charge in [0.05, 0.1) is 15.9 Å². The Morgan fingerprint density at radius 1 is 0.960 bits per heavy atom. The van der Waals surface area contributed by atoms with E-state index in [0.717, 1.165) is 16.4 Å². The van der Waals surface area contributed by atoms with Gasteiger partial charge < -0.3 is 0 Å². The van der Waals surface area contributed by atoms with E-state index in [1.54, 1.807) is 24.3 Å². The first-order valence-corrected chi connectivity index (χ1v) is 10.9. The molecule has 0 N–H and O–H groups in total. The molecule has 0 saturated carbocycles. The molecule has 0 aromatic heterocycles. The second-order valence-electron chi connectivity index (χ2n) is 5.82. The van der Waals surface area contributed by atoms with E-state index in [1.807, 2.05) is 0 Å². The summed E-state index contributed by atoms with van der Waals surface area (Å²) in [6, 6.07) is 11.0. The van der Waals surface area contributed by atoms with Crippen LogP contribution in [0, 0.1) is 5.82 Å². The average molecular weight is 404 g/mol. The van der Waals surface area contributed by atoms with Gasteiger partial charge in [-0.2, -0.15) is 4.31 Å². The molecule has 0 atom stereocenters. The summed E-state index contributed by atoms with van der Waals surface area (Å²) in [5, 5.41) is -0.312. The average Bonchev–Trinajstić information content (AvgIpc) is 2.47. The Bertz CT molecular complexity index is 968. The molecule has 0 radical (unpaired) electrons. The molecule has 9 heteroatoms. The highest BCUT2D eigenvalue weighted by Crippen LogP contribution is 2.27. The molecule has 0 amide bonds. The van der Waals surface area contributed by atoms with Crippen LogP contribution in [0.1, 0.15) is 5.56 Å². The van der Waals surface area contributed by atoms with E-state index in [9.17, 15) is 21.2 Å². The molecular weight excluding hydrogens is 389 g/mol. The van der Waals surface area contributed by atoms with Gasteiger partial charge in [-0.15, -0.1) is 0 Å². The van der Waals surface area contributed by atoms with Crippen molar-refractivity contribution in [3.05, 3.63) is 64.9 Å². The van der Waals surface area contributed by atoms with Crippen LogP contribution in [0.5, 0.6) is 0 Å². The van der Waals surface area contributed by atoms with Gasteiger partial charge >= 0.3 is 0 Å². The molecule has 0 unspecified atom stereocenters. The third kappa shape index (κ3) is 3.87. The number of hydrogen-bond donors (Lipinski definition) is 0. The van der Waals surface area contributed by atoms with Crippen LogP contribution in [-0.2, 0) is 25.6 Å². The molecule has 1 saturated heterocycles. The number of halogens is 2. The summed E-state index contributed by atoms with van der Waals surface area (Å²) < 4.78 is 63.7. The SMILES string of the molecule is O=S(=O)(c1ccc(F)cc1)C1CN(S(=O)(=O)Cc2ccc(Cl)cc2)C1. The number of nitrogens with zero attached hydrogens (tertiary/aromatic N) is 1. The fourth-order valence-corrected chi connectivity index (χ4v) is 6.10. The van der Waals surface area contributed by atoms with E-state index in [2.05, 4.69) is 0 Å². The highest BCUT2D eigenvalue weighted by atomic mass is 35.5. The number of sulfone groups is 1. The maximum Gasteiger partial charge on any atom is 0.218 e. The van der Waals surface area contributed by atoms with Crippen LogP contribution in [-0.4, -0.2) is 39.5 Å². The maximum absolute atomic E-state index is 12.9. The number of rotatable bonds is 5. The highest BCUT2D eigenvalue weighted by molar-refractivity contribution is 7.92. The lowest BCUT2D eigenvalue weighted by molar-refractivity contribution is 0.309. The van der Waals surface area contributed by atoms with Gasteiger partial charge in [-0.25, -0.2) is 21.2 Å². The lowest BCUT2D eigenvalue weighted by Crippen LogP contribution is -2.56. The van der Waals surface area contributed by atoms with Crippen molar-refractivity contribution in [3.8, 4) is 0 Å². The Labute approximate surface area is 151 Å². The van der Waals surface area contributed by atoms with Crippen molar-refractivity contribution in [2.45, 2.75) is 15.9 Å². The van der Waals surface area contributed by atoms with Crippen LogP contribution in [0.4, 0.5) is 4.39 Å². The first-order chi connectivity index (χ1) is 11.7. The number of hydrogen-bond acceptors (Lipinski definition) is 4. The minimum absolute atomic E-state index is 0.00588. The third-order valence-electron chi connectivity index (χ3n) is 4.05. The smallest absolute Gasteiger partial charge is 0.218 e. The third-order valence-corrected chi connectivity index (χ3v) is 8.19. The Morgan fingerprint density at radius 2 is 1.52 bits per heavy atom. The molecule has 0 bridgehead atoms. The summed E-state index contributed by atoms with van der Waals surface area (Å²) in [6.07, 6.45) is 0. The summed E-state index contributed by atoms with van der Waals surface area (Å²) in [4.78, 5) is -0.00588. The quantitative estimate of drug-likeness (QED) is 0.719. The van der Waals surface area contributed by atoms with Crippen molar-refractivity contribution < 1.29 is 21.2 Å². The summed E-state index contributed by atoms with van der Waals surface area (Å²) in [7, 11) is -7.29. The molecule has 2 aromatic carbocycles. The van der Waals surface area contributed by atoms with E-state index in [1.165, 1.54) is 12.1 Å². The maximum atomic E-state index is 12.9. The minimum atomic E-state index is -3.68. The van der Waals surface area contributed by atoms with E-state index < -0.39 is 30.9 Å². The normalized spacial score (nSPS) is 16.6. The van der Waals surface area contributed by atoms with Gasteiger partial charge in [0.1, 0.15) is 5.82 Å². The molecule has 3 rings (SSSR count). The predicted octanol–water partition coefficient (Wildman–Crippen LogP) is 2.47. The van der Waals surface area contributed by atoms with Crippen LogP contribution in [0.2, 0.25) is 5.02 Å². The first kappa shape index (κ1) is 18.3. The minimum Gasteiger partial charge on any atom is -0.223 e. The zero-order chi connectivity index (χ0) is 18.2. The standard InChI is InChI=1S/C16H15ClFNO4S2/c17-13-3-1-12(2-4-13)11-24(20,21)19-9-16(10-19)25(22,23)15-7-5-14(18)6-8-15/h1-8,16H,9-11H2. The zero-order valence-electron chi connectivity index (χ0n) is 13.0. The van der Waals surface area contributed by atoms with Crippen LogP contribution in [0.25, 0.3) is 0 Å². The molecule has 2 aromatic rings. The highest BCUT2D eigenvalue weighted by Gasteiger charge is 2.43. The van der Waals surface area contributed by atoms with Crippen molar-refractivity contribution in [2.75, 3.05) is 13.1 Å². The summed E-state index contributed by atoms with van der Waals surface area (Å²) >= 11 is 5.77. The van der Waals surface area contributed by atoms with E-state index >= 15 is 0 Å².